The van der Waals surface area contributed by atoms with Crippen LogP contribution < -0.4 is 0 Å². The normalized spacial score (nSPS) is 12.1. The maximum absolute atomic E-state index is 5.28. The number of ether oxygens (including phenoxy) is 1. The summed E-state index contributed by atoms with van der Waals surface area (Å²) in [5, 5.41) is 3.61. The largest absolute Gasteiger partial charge is 0.381 e. The fourth-order valence-electron chi connectivity index (χ4n) is 5.39. The standard InChI is InChI=1S/C9H13N.C8H14N2.2C8H12N2.C8H16O.C7H11NO.C7H11NS.7C2H6/c1-9(2,3)8-5-4-6-10-7-8;1-8(2,3)7-5-10(4)6-9-7;1-8(2,3)7-4-9-6-10-5-7;1-8(2,3)7-6-9-4-5-10-7;1-8(2,3)7-4-5-9-6-7;1-7(2,3)6-4-5-8-9-6;1-7(2,3)6-4-8-5-9-6;7*1-2/h4-7H,1-3H3;5-6H,1-4H3;2*4-6H,1-3H3;7H,4-6H2,1-3H3;2*4-5H,1-3H3;7*1-2H3. The second-order valence-corrected chi connectivity index (χ2v) is 24.9. The van der Waals surface area contributed by atoms with Gasteiger partial charge in [0.15, 0.2) is 0 Å². The Bertz CT molecular complexity index is 1960. The van der Waals surface area contributed by atoms with Crippen molar-refractivity contribution >= 4 is 11.3 Å². The molecular weight excluding hydrogens is 1020 g/mol. The third kappa shape index (κ3) is 48.6. The van der Waals surface area contributed by atoms with Gasteiger partial charge in [-0.3, -0.25) is 19.9 Å². The zero-order valence-electron chi connectivity index (χ0n) is 59.7. The van der Waals surface area contributed by atoms with Gasteiger partial charge in [-0.25, -0.2) is 15.0 Å². The number of hydrogen-bond acceptors (Lipinski definition) is 11. The van der Waals surface area contributed by atoms with Crippen molar-refractivity contribution in [1.82, 2.24) is 44.6 Å². The first-order chi connectivity index (χ1) is 37.6. The van der Waals surface area contributed by atoms with Gasteiger partial charge >= 0.3 is 0 Å². The van der Waals surface area contributed by atoms with Crippen LogP contribution in [0.2, 0.25) is 0 Å². The SMILES string of the molecule is CC.CC.CC.CC.CC.CC.CC.CC(C)(C)C1CCOC1.CC(C)(C)c1cccnc1.CC(C)(C)c1ccno1.CC(C)(C)c1cnccn1.CC(C)(C)c1cncnc1.CC(C)(C)c1cncs1.Cn1cnc(C(C)(C)C)c1. The predicted molar refractivity (Wildman–Crippen MR) is 360 cm³/mol. The average Bonchev–Trinajstić information content (AvgIpc) is 4.31. The van der Waals surface area contributed by atoms with Crippen LogP contribution in [0.15, 0.2) is 103 Å². The molecule has 1 saturated heterocycles. The summed E-state index contributed by atoms with van der Waals surface area (Å²) in [7, 11) is 1.99. The molecule has 470 valence electrons. The van der Waals surface area contributed by atoms with E-state index in [0.717, 1.165) is 36.3 Å². The van der Waals surface area contributed by atoms with Crippen molar-refractivity contribution in [3.05, 3.63) is 131 Å². The van der Waals surface area contributed by atoms with Gasteiger partial charge in [-0.15, -0.1) is 11.3 Å². The average molecular weight is 1150 g/mol. The molecule has 12 heteroatoms. The smallest absolute Gasteiger partial charge is 0.142 e. The van der Waals surface area contributed by atoms with E-state index in [9.17, 15) is 0 Å². The minimum Gasteiger partial charge on any atom is -0.381 e. The molecule has 0 aromatic carbocycles. The molecule has 1 fully saturated rings. The third-order valence-corrected chi connectivity index (χ3v) is 11.5. The van der Waals surface area contributed by atoms with Gasteiger partial charge in [0.25, 0.3) is 0 Å². The van der Waals surface area contributed by atoms with Crippen LogP contribution in [-0.4, -0.2) is 57.8 Å². The van der Waals surface area contributed by atoms with Crippen LogP contribution in [0.4, 0.5) is 0 Å². The van der Waals surface area contributed by atoms with E-state index in [1.54, 1.807) is 48.6 Å². The van der Waals surface area contributed by atoms with Crippen molar-refractivity contribution in [2.45, 2.75) is 281 Å². The monoisotopic (exact) mass is 1150 g/mol. The number of pyridine rings is 1. The van der Waals surface area contributed by atoms with Gasteiger partial charge in [0.05, 0.1) is 29.4 Å². The second-order valence-electron chi connectivity index (χ2n) is 24.1. The Balaban J connectivity index is -0.000000152. The predicted octanol–water partition coefficient (Wildman–Crippen LogP) is 21.3. The fraction of sp³-hybridized carbons (Fsp3) is 0.681. The number of aromatic nitrogens is 9. The Kier molecular flexibility index (Phi) is 55.5. The maximum Gasteiger partial charge on any atom is 0.142 e. The van der Waals surface area contributed by atoms with Crippen LogP contribution >= 0.6 is 11.3 Å². The highest BCUT2D eigenvalue weighted by atomic mass is 32.1. The lowest BCUT2D eigenvalue weighted by Crippen LogP contribution is -2.19. The molecule has 7 heterocycles. The lowest BCUT2D eigenvalue weighted by atomic mass is 9.80. The highest BCUT2D eigenvalue weighted by Crippen LogP contribution is 2.32. The summed E-state index contributed by atoms with van der Waals surface area (Å²) in [5.41, 5.74) is 8.05. The summed E-state index contributed by atoms with van der Waals surface area (Å²) >= 11 is 1.72. The Morgan fingerprint density at radius 3 is 1.16 bits per heavy atom. The number of hydrogen-bond donors (Lipinski definition) is 0. The molecule has 11 nitrogen and oxygen atoms in total. The Hall–Kier alpha value is -4.68. The van der Waals surface area contributed by atoms with Gasteiger partial charge in [-0.2, -0.15) is 0 Å². The number of thiazole rings is 1. The Morgan fingerprint density at radius 1 is 0.469 bits per heavy atom. The maximum atomic E-state index is 5.28. The number of nitrogens with zero attached hydrogens (tertiary/aromatic N) is 9. The molecule has 0 radical (unpaired) electrons. The van der Waals surface area contributed by atoms with Crippen LogP contribution in [-0.2, 0) is 44.3 Å². The molecule has 1 aliphatic rings. The zero-order chi connectivity index (χ0) is 65.3. The van der Waals surface area contributed by atoms with Crippen LogP contribution in [0.25, 0.3) is 0 Å². The molecule has 1 unspecified atom stereocenters. The van der Waals surface area contributed by atoms with E-state index in [1.165, 1.54) is 22.4 Å². The molecule has 0 aliphatic carbocycles. The summed E-state index contributed by atoms with van der Waals surface area (Å²) in [6.45, 7) is 75.5. The van der Waals surface area contributed by atoms with Gasteiger partial charge < -0.3 is 13.8 Å². The molecule has 6 aromatic rings. The minimum atomic E-state index is 0.0938. The van der Waals surface area contributed by atoms with Gasteiger partial charge in [-0.1, -0.05) is 254 Å². The van der Waals surface area contributed by atoms with Crippen molar-refractivity contribution in [3.8, 4) is 0 Å². The molecule has 6 aromatic heterocycles. The molecule has 1 aliphatic heterocycles. The van der Waals surface area contributed by atoms with Crippen molar-refractivity contribution in [2.24, 2.45) is 18.4 Å². The summed E-state index contributed by atoms with van der Waals surface area (Å²) in [6, 6.07) is 5.97. The van der Waals surface area contributed by atoms with Crippen molar-refractivity contribution in [1.29, 1.82) is 0 Å². The fourth-order valence-corrected chi connectivity index (χ4v) is 6.10. The molecule has 81 heavy (non-hydrogen) atoms. The van der Waals surface area contributed by atoms with Crippen molar-refractivity contribution in [3.63, 3.8) is 0 Å². The van der Waals surface area contributed by atoms with E-state index in [2.05, 4.69) is 198 Å². The van der Waals surface area contributed by atoms with Crippen LogP contribution in [0.5, 0.6) is 0 Å². The lowest BCUT2D eigenvalue weighted by Gasteiger charge is -2.24. The summed E-state index contributed by atoms with van der Waals surface area (Å²) in [6.07, 6.45) is 22.9. The summed E-state index contributed by atoms with van der Waals surface area (Å²) < 4.78 is 12.2. The highest BCUT2D eigenvalue weighted by molar-refractivity contribution is 7.09. The Morgan fingerprint density at radius 2 is 0.951 bits per heavy atom. The number of aryl methyl sites for hydroxylation is 1. The Labute approximate surface area is 507 Å². The first-order valence-corrected chi connectivity index (χ1v) is 31.3. The molecule has 0 saturated carbocycles. The quantitative estimate of drug-likeness (QED) is 0.145. The third-order valence-electron chi connectivity index (χ3n) is 10.3. The van der Waals surface area contributed by atoms with E-state index >= 15 is 0 Å². The van der Waals surface area contributed by atoms with Crippen LogP contribution in [0.3, 0.4) is 0 Å². The molecular formula is C69H131N9O2S. The van der Waals surface area contributed by atoms with Crippen molar-refractivity contribution < 1.29 is 9.26 Å². The molecule has 0 bridgehead atoms. The minimum absolute atomic E-state index is 0.0938. The van der Waals surface area contributed by atoms with Gasteiger partial charge in [0, 0.05) is 103 Å². The lowest BCUT2D eigenvalue weighted by molar-refractivity contribution is 0.152. The molecule has 0 amide bonds. The zero-order valence-corrected chi connectivity index (χ0v) is 60.5. The molecule has 0 N–H and O–H groups in total. The molecule has 1 atom stereocenters. The van der Waals surface area contributed by atoms with Gasteiger partial charge in [0.1, 0.15) is 12.1 Å². The number of imidazole rings is 1. The first kappa shape index (κ1) is 90.1. The van der Waals surface area contributed by atoms with Crippen LogP contribution in [0, 0.1) is 11.3 Å². The second kappa shape index (κ2) is 49.9. The first-order valence-electron chi connectivity index (χ1n) is 30.4. The highest BCUT2D eigenvalue weighted by Gasteiger charge is 2.28. The topological polar surface area (TPSA) is 130 Å². The van der Waals surface area contributed by atoms with E-state index in [1.807, 2.05) is 157 Å². The van der Waals surface area contributed by atoms with Crippen molar-refractivity contribution in [2.75, 3.05) is 13.2 Å². The summed E-state index contributed by atoms with van der Waals surface area (Å²) in [5.74, 6) is 1.72. The molecule has 0 spiro atoms. The van der Waals surface area contributed by atoms with E-state index in [0.29, 0.717) is 5.41 Å². The molecule has 7 rings (SSSR count). The van der Waals surface area contributed by atoms with E-state index in [-0.39, 0.29) is 32.5 Å². The number of rotatable bonds is 0. The van der Waals surface area contributed by atoms with Gasteiger partial charge in [0.2, 0.25) is 0 Å². The van der Waals surface area contributed by atoms with Gasteiger partial charge in [-0.05, 0) is 51.2 Å². The van der Waals surface area contributed by atoms with E-state index < -0.39 is 0 Å². The van der Waals surface area contributed by atoms with E-state index in [4.69, 9.17) is 9.26 Å². The summed E-state index contributed by atoms with van der Waals surface area (Å²) in [4.78, 5) is 29.7. The van der Waals surface area contributed by atoms with Crippen LogP contribution in [0.1, 0.15) is 282 Å².